The van der Waals surface area contributed by atoms with Gasteiger partial charge in [-0.05, 0) is 42.8 Å². The van der Waals surface area contributed by atoms with Gasteiger partial charge in [-0.2, -0.15) is 0 Å². The second-order valence-electron chi connectivity index (χ2n) is 5.48. The highest BCUT2D eigenvalue weighted by molar-refractivity contribution is 9.10. The van der Waals surface area contributed by atoms with Crippen LogP contribution in [-0.2, 0) is 11.3 Å². The molecule has 0 spiro atoms. The van der Waals surface area contributed by atoms with Gasteiger partial charge in [0.1, 0.15) is 6.54 Å². The molecule has 0 aliphatic carbocycles. The molecule has 0 radical (unpaired) electrons. The number of fused-ring (bicyclic) bond motifs is 1. The molecule has 6 heteroatoms. The van der Waals surface area contributed by atoms with E-state index in [1.165, 1.54) is 6.07 Å². The van der Waals surface area contributed by atoms with Crippen LogP contribution in [0.25, 0.3) is 10.9 Å². The largest absolute Gasteiger partial charge is 0.338 e. The molecule has 1 amide bonds. The van der Waals surface area contributed by atoms with Crippen molar-refractivity contribution in [3.63, 3.8) is 0 Å². The van der Waals surface area contributed by atoms with Crippen molar-refractivity contribution in [2.75, 3.05) is 5.32 Å². The minimum Gasteiger partial charge on any atom is -0.338 e. The van der Waals surface area contributed by atoms with Crippen molar-refractivity contribution in [1.82, 2.24) is 4.57 Å². The first-order valence-corrected chi connectivity index (χ1v) is 8.46. The number of amides is 1. The fourth-order valence-electron chi connectivity index (χ4n) is 2.50. The van der Waals surface area contributed by atoms with Gasteiger partial charge in [0.2, 0.25) is 5.91 Å². The van der Waals surface area contributed by atoms with E-state index in [0.717, 1.165) is 10.0 Å². The third-order valence-corrected chi connectivity index (χ3v) is 4.46. The van der Waals surface area contributed by atoms with Gasteiger partial charge in [-0.3, -0.25) is 9.59 Å². The molecule has 0 saturated heterocycles. The highest BCUT2D eigenvalue weighted by Crippen LogP contribution is 2.21. The zero-order valence-electron chi connectivity index (χ0n) is 12.8. The third-order valence-electron chi connectivity index (χ3n) is 3.73. The number of aromatic nitrogens is 1. The summed E-state index contributed by atoms with van der Waals surface area (Å²) in [6.45, 7) is 2.00. The Labute approximate surface area is 152 Å². The number of halogens is 2. The van der Waals surface area contributed by atoms with Crippen molar-refractivity contribution in [3.05, 3.63) is 73.9 Å². The van der Waals surface area contributed by atoms with Crippen LogP contribution in [0, 0.1) is 6.92 Å². The molecule has 3 aromatic rings. The minimum absolute atomic E-state index is 0.0753. The fraction of sp³-hybridized carbons (Fsp3) is 0.111. The normalized spacial score (nSPS) is 10.8. The van der Waals surface area contributed by atoms with E-state index in [0.29, 0.717) is 21.6 Å². The fourth-order valence-corrected chi connectivity index (χ4v) is 3.03. The van der Waals surface area contributed by atoms with Gasteiger partial charge >= 0.3 is 0 Å². The summed E-state index contributed by atoms with van der Waals surface area (Å²) in [6, 6.07) is 12.2. The van der Waals surface area contributed by atoms with Crippen LogP contribution in [0.15, 0.2) is 57.9 Å². The summed E-state index contributed by atoms with van der Waals surface area (Å²) >= 11 is 9.34. The molecule has 0 aliphatic heterocycles. The van der Waals surface area contributed by atoms with Crippen LogP contribution in [0.3, 0.4) is 0 Å². The average Bonchev–Trinajstić information content (AvgIpc) is 2.54. The van der Waals surface area contributed by atoms with Crippen LogP contribution >= 0.6 is 27.5 Å². The van der Waals surface area contributed by atoms with Gasteiger partial charge in [0.25, 0.3) is 0 Å². The highest BCUT2D eigenvalue weighted by Gasteiger charge is 2.09. The summed E-state index contributed by atoms with van der Waals surface area (Å²) in [5.74, 6) is -0.187. The second-order valence-corrected chi connectivity index (χ2v) is 6.83. The van der Waals surface area contributed by atoms with Crippen molar-refractivity contribution >= 4 is 50.0 Å². The first-order valence-electron chi connectivity index (χ1n) is 7.29. The number of rotatable bonds is 3. The number of carbonyl (C=O) groups is 1. The van der Waals surface area contributed by atoms with Gasteiger partial charge in [-0.15, -0.1) is 0 Å². The van der Waals surface area contributed by atoms with E-state index in [9.17, 15) is 9.59 Å². The monoisotopic (exact) mass is 404 g/mol. The first-order chi connectivity index (χ1) is 11.4. The Balaban J connectivity index is 1.90. The van der Waals surface area contributed by atoms with Gasteiger partial charge in [-0.25, -0.2) is 0 Å². The van der Waals surface area contributed by atoms with Gasteiger partial charge in [-0.1, -0.05) is 33.6 Å². The number of pyridine rings is 1. The lowest BCUT2D eigenvalue weighted by atomic mass is 10.2. The van der Waals surface area contributed by atoms with E-state index in [4.69, 9.17) is 11.6 Å². The van der Waals surface area contributed by atoms with Crippen molar-refractivity contribution < 1.29 is 4.79 Å². The smallest absolute Gasteiger partial charge is 0.244 e. The Morgan fingerprint density at radius 2 is 2.00 bits per heavy atom. The highest BCUT2D eigenvalue weighted by atomic mass is 79.9. The van der Waals surface area contributed by atoms with E-state index in [1.807, 2.05) is 25.1 Å². The van der Waals surface area contributed by atoms with Crippen molar-refractivity contribution in [1.29, 1.82) is 0 Å². The van der Waals surface area contributed by atoms with E-state index in [1.54, 1.807) is 29.0 Å². The zero-order valence-corrected chi connectivity index (χ0v) is 15.2. The topological polar surface area (TPSA) is 51.1 Å². The van der Waals surface area contributed by atoms with Crippen LogP contribution in [-0.4, -0.2) is 10.5 Å². The van der Waals surface area contributed by atoms with Crippen LogP contribution in [0.4, 0.5) is 5.69 Å². The Hall–Kier alpha value is -2.11. The van der Waals surface area contributed by atoms with E-state index < -0.39 is 0 Å². The zero-order chi connectivity index (χ0) is 17.3. The number of carbonyl (C=O) groups excluding carboxylic acids is 1. The van der Waals surface area contributed by atoms with Crippen LogP contribution in [0.5, 0.6) is 0 Å². The van der Waals surface area contributed by atoms with Crippen molar-refractivity contribution in [2.45, 2.75) is 13.5 Å². The molecule has 0 unspecified atom stereocenters. The standard InChI is InChI=1S/C18H14BrClN2O2/c1-11-2-4-13(20)9-15(11)21-18(24)10-22-7-6-17(23)14-8-12(19)3-5-16(14)22/h2-9H,10H2,1H3,(H,21,24). The third kappa shape index (κ3) is 3.52. The Morgan fingerprint density at radius 1 is 1.21 bits per heavy atom. The molecule has 3 rings (SSSR count). The minimum atomic E-state index is -0.187. The lowest BCUT2D eigenvalue weighted by Gasteiger charge is -2.12. The number of nitrogens with one attached hydrogen (secondary N) is 1. The molecule has 4 nitrogen and oxygen atoms in total. The van der Waals surface area contributed by atoms with Crippen molar-refractivity contribution in [2.24, 2.45) is 0 Å². The summed E-state index contributed by atoms with van der Waals surface area (Å²) in [4.78, 5) is 24.4. The average molecular weight is 406 g/mol. The van der Waals surface area contributed by atoms with E-state index in [-0.39, 0.29) is 17.9 Å². The summed E-state index contributed by atoms with van der Waals surface area (Å²) in [7, 11) is 0. The summed E-state index contributed by atoms with van der Waals surface area (Å²) in [5.41, 5.74) is 2.25. The Kier molecular flexibility index (Phi) is 4.73. The number of benzene rings is 2. The summed E-state index contributed by atoms with van der Waals surface area (Å²) < 4.78 is 2.57. The van der Waals surface area contributed by atoms with Crippen LogP contribution in [0.1, 0.15) is 5.56 Å². The van der Waals surface area contributed by atoms with Crippen LogP contribution < -0.4 is 10.7 Å². The maximum atomic E-state index is 12.4. The molecule has 0 bridgehead atoms. The molecule has 1 heterocycles. The molecule has 1 N–H and O–H groups in total. The molecule has 0 aliphatic rings. The van der Waals surface area contributed by atoms with Gasteiger partial charge in [0.05, 0.1) is 5.52 Å². The van der Waals surface area contributed by atoms with Gasteiger partial charge < -0.3 is 9.88 Å². The van der Waals surface area contributed by atoms with Gasteiger partial charge in [0.15, 0.2) is 5.43 Å². The molecular weight excluding hydrogens is 392 g/mol. The predicted molar refractivity (Wildman–Crippen MR) is 101 cm³/mol. The number of nitrogens with zero attached hydrogens (tertiary/aromatic N) is 1. The van der Waals surface area contributed by atoms with Crippen molar-refractivity contribution in [3.8, 4) is 0 Å². The quantitative estimate of drug-likeness (QED) is 0.704. The molecule has 1 aromatic heterocycles. The van der Waals surface area contributed by atoms with E-state index in [2.05, 4.69) is 21.2 Å². The van der Waals surface area contributed by atoms with Crippen LogP contribution in [0.2, 0.25) is 5.02 Å². The lowest BCUT2D eigenvalue weighted by Crippen LogP contribution is -2.20. The second kappa shape index (κ2) is 6.79. The van der Waals surface area contributed by atoms with Gasteiger partial charge in [0, 0.05) is 32.8 Å². The molecule has 0 atom stereocenters. The summed E-state index contributed by atoms with van der Waals surface area (Å²) in [6.07, 6.45) is 1.63. The molecule has 0 fully saturated rings. The Morgan fingerprint density at radius 3 is 2.79 bits per heavy atom. The number of hydrogen-bond acceptors (Lipinski definition) is 2. The molecule has 0 saturated carbocycles. The molecule has 24 heavy (non-hydrogen) atoms. The first kappa shape index (κ1) is 16.7. The number of anilines is 1. The lowest BCUT2D eigenvalue weighted by molar-refractivity contribution is -0.116. The molecule has 122 valence electrons. The number of aryl methyl sites for hydroxylation is 1. The summed E-state index contributed by atoms with van der Waals surface area (Å²) in [5, 5.41) is 3.99. The SMILES string of the molecule is Cc1ccc(Cl)cc1NC(=O)Cn1ccc(=O)c2cc(Br)ccc21. The number of hydrogen-bond donors (Lipinski definition) is 1. The molecule has 2 aromatic carbocycles. The maximum absolute atomic E-state index is 12.4. The van der Waals surface area contributed by atoms with E-state index >= 15 is 0 Å². The Bertz CT molecular complexity index is 998. The predicted octanol–water partition coefficient (Wildman–Crippen LogP) is 4.36. The maximum Gasteiger partial charge on any atom is 0.244 e. The molecular formula is C18H14BrClN2O2.